The number of morpholine rings is 1. The molecule has 0 saturated carbocycles. The molecule has 0 aliphatic carbocycles. The summed E-state index contributed by atoms with van der Waals surface area (Å²) in [6, 6.07) is 5.52. The molecule has 1 aromatic carbocycles. The lowest BCUT2D eigenvalue weighted by atomic mass is 10.1. The molecule has 198 valence electrons. The number of halogens is 4. The number of rotatable bonds is 5. The largest absolute Gasteiger partial charge is 0.573 e. The van der Waals surface area contributed by atoms with E-state index in [2.05, 4.69) is 25.0 Å². The van der Waals surface area contributed by atoms with Gasteiger partial charge in [0.1, 0.15) is 17.7 Å². The molecule has 1 aromatic heterocycles. The molecule has 0 bridgehead atoms. The van der Waals surface area contributed by atoms with Crippen molar-refractivity contribution >= 4 is 29.3 Å². The number of benzene rings is 1. The molecule has 4 heterocycles. The molecule has 0 radical (unpaired) electrons. The van der Waals surface area contributed by atoms with Gasteiger partial charge in [0.25, 0.3) is 0 Å². The van der Waals surface area contributed by atoms with E-state index < -0.39 is 18.1 Å². The topological polar surface area (TPSA) is 82.5 Å². The number of nitrogens with one attached hydrogen (secondary N) is 1. The lowest BCUT2D eigenvalue weighted by molar-refractivity contribution is -0.274. The summed E-state index contributed by atoms with van der Waals surface area (Å²) < 4.78 is 48.3. The quantitative estimate of drug-likeness (QED) is 0.611. The number of carbonyl (C=O) groups excluding carboxylic acids is 1. The van der Waals surface area contributed by atoms with Crippen molar-refractivity contribution < 1.29 is 27.4 Å². The van der Waals surface area contributed by atoms with E-state index in [4.69, 9.17) is 16.3 Å². The van der Waals surface area contributed by atoms with E-state index in [1.54, 1.807) is 6.20 Å². The van der Waals surface area contributed by atoms with E-state index in [-0.39, 0.29) is 29.9 Å². The molecular weight excluding hydrogens is 513 g/mol. The monoisotopic (exact) mass is 538 g/mol. The minimum atomic E-state index is -4.90. The van der Waals surface area contributed by atoms with Gasteiger partial charge in [-0.2, -0.15) is 5.43 Å². The average molecular weight is 539 g/mol. The molecule has 1 saturated heterocycles. The van der Waals surface area contributed by atoms with E-state index in [9.17, 15) is 18.0 Å². The number of amidine groups is 1. The fraction of sp³-hybridized carbons (Fsp3) is 0.458. The van der Waals surface area contributed by atoms with Crippen LogP contribution in [0.3, 0.4) is 0 Å². The maximum atomic E-state index is 13.4. The molecule has 13 heteroatoms. The first-order valence-electron chi connectivity index (χ1n) is 11.8. The number of hydrazine groups is 1. The highest BCUT2D eigenvalue weighted by molar-refractivity contribution is 6.32. The Morgan fingerprint density at radius 2 is 1.86 bits per heavy atom. The van der Waals surface area contributed by atoms with Crippen LogP contribution >= 0.6 is 11.6 Å². The third-order valence-corrected chi connectivity index (χ3v) is 6.46. The number of aliphatic imine (C=N–C) groups is 1. The van der Waals surface area contributed by atoms with E-state index >= 15 is 0 Å². The predicted molar refractivity (Wildman–Crippen MR) is 130 cm³/mol. The number of fused-ring (bicyclic) bond motifs is 3. The predicted octanol–water partition coefficient (Wildman–Crippen LogP) is 4.30. The molecule has 3 aliphatic rings. The fourth-order valence-corrected chi connectivity index (χ4v) is 5.03. The van der Waals surface area contributed by atoms with Gasteiger partial charge in [-0.15, -0.1) is 13.2 Å². The summed E-state index contributed by atoms with van der Waals surface area (Å²) >= 11 is 5.90. The SMILES string of the molecule is CC1N=C2c3cc(CN4C[C@@H](C)O[C@@H](C)C4)cnc3N(Cc3ccc(Cl)c(OC(F)(F)F)c3)C(=O)N2N1. The van der Waals surface area contributed by atoms with Crippen LogP contribution in [0.1, 0.15) is 37.5 Å². The summed E-state index contributed by atoms with van der Waals surface area (Å²) in [5, 5.41) is 1.16. The zero-order chi connectivity index (χ0) is 26.5. The van der Waals surface area contributed by atoms with Gasteiger partial charge in [0.15, 0.2) is 5.84 Å². The number of amides is 2. The van der Waals surface area contributed by atoms with Crippen molar-refractivity contribution in [2.45, 2.75) is 58.6 Å². The molecule has 1 fully saturated rings. The van der Waals surface area contributed by atoms with E-state index in [0.717, 1.165) is 18.7 Å². The Kier molecular flexibility index (Phi) is 6.77. The van der Waals surface area contributed by atoms with Gasteiger partial charge in [0.05, 0.1) is 29.3 Å². The summed E-state index contributed by atoms with van der Waals surface area (Å²) in [6.45, 7) is 8.07. The highest BCUT2D eigenvalue weighted by Gasteiger charge is 2.41. The van der Waals surface area contributed by atoms with Crippen molar-refractivity contribution in [3.05, 3.63) is 52.2 Å². The van der Waals surface area contributed by atoms with Crippen LogP contribution in [0.25, 0.3) is 0 Å². The van der Waals surface area contributed by atoms with Gasteiger partial charge in [-0.05, 0) is 50.1 Å². The fourth-order valence-electron chi connectivity index (χ4n) is 4.88. The highest BCUT2D eigenvalue weighted by Crippen LogP contribution is 2.34. The first kappa shape index (κ1) is 25.7. The van der Waals surface area contributed by atoms with Crippen molar-refractivity contribution in [1.29, 1.82) is 0 Å². The number of hydrogen-bond acceptors (Lipinski definition) is 7. The summed E-state index contributed by atoms with van der Waals surface area (Å²) in [4.78, 5) is 26.2. The zero-order valence-electron chi connectivity index (χ0n) is 20.4. The van der Waals surface area contributed by atoms with E-state index in [1.165, 1.54) is 28.1 Å². The molecule has 0 spiro atoms. The van der Waals surface area contributed by atoms with Gasteiger partial charge in [-0.25, -0.2) is 19.8 Å². The van der Waals surface area contributed by atoms with Crippen LogP contribution < -0.4 is 15.1 Å². The normalized spacial score (nSPS) is 24.1. The molecule has 5 rings (SSSR count). The lowest BCUT2D eigenvalue weighted by Crippen LogP contribution is -2.55. The third-order valence-electron chi connectivity index (χ3n) is 6.15. The van der Waals surface area contributed by atoms with Crippen LogP contribution in [-0.2, 0) is 17.8 Å². The van der Waals surface area contributed by atoms with Crippen LogP contribution in [-0.4, -0.2) is 64.6 Å². The number of nitrogens with zero attached hydrogens (tertiary/aromatic N) is 5. The van der Waals surface area contributed by atoms with E-state index in [0.29, 0.717) is 29.3 Å². The van der Waals surface area contributed by atoms with Crippen LogP contribution in [0, 0.1) is 0 Å². The Hall–Kier alpha value is -2.93. The van der Waals surface area contributed by atoms with Gasteiger partial charge < -0.3 is 9.47 Å². The average Bonchev–Trinajstić information content (AvgIpc) is 3.19. The molecule has 37 heavy (non-hydrogen) atoms. The molecule has 1 N–H and O–H groups in total. The van der Waals surface area contributed by atoms with Crippen molar-refractivity contribution in [3.63, 3.8) is 0 Å². The number of anilines is 1. The number of hydrogen-bond donors (Lipinski definition) is 1. The third kappa shape index (κ3) is 5.52. The summed E-state index contributed by atoms with van der Waals surface area (Å²) in [7, 11) is 0. The second-order valence-electron chi connectivity index (χ2n) is 9.44. The maximum Gasteiger partial charge on any atom is 0.573 e. The van der Waals surface area contributed by atoms with Gasteiger partial charge in [0, 0.05) is 25.8 Å². The molecular formula is C24H26ClF3N6O3. The highest BCUT2D eigenvalue weighted by atomic mass is 35.5. The Balaban J connectivity index is 1.46. The molecule has 2 amide bonds. The Bertz CT molecular complexity index is 1230. The van der Waals surface area contributed by atoms with Crippen LogP contribution in [0.15, 0.2) is 35.5 Å². The molecule has 3 atom stereocenters. The molecule has 9 nitrogen and oxygen atoms in total. The standard InChI is InChI=1S/C24H26ClF3N6O3/c1-13-9-32(10-14(2)36-13)11-17-6-18-21(29-8-17)33(23(35)34-22(18)30-15(3)31-34)12-16-4-5-19(25)20(7-16)37-24(26,27)28/h4-8,13-15,31H,9-12H2,1-3H3/t13-,14+,15?. The summed E-state index contributed by atoms with van der Waals surface area (Å²) in [6.07, 6.45) is -3.28. The Morgan fingerprint density at radius 3 is 2.57 bits per heavy atom. The van der Waals surface area contributed by atoms with Crippen molar-refractivity contribution in [3.8, 4) is 5.75 Å². The maximum absolute atomic E-state index is 13.4. The van der Waals surface area contributed by atoms with Crippen LogP contribution in [0.5, 0.6) is 5.75 Å². The zero-order valence-corrected chi connectivity index (χ0v) is 21.2. The minimum Gasteiger partial charge on any atom is -0.404 e. The molecule has 1 unspecified atom stereocenters. The number of aromatic nitrogens is 1. The van der Waals surface area contributed by atoms with Gasteiger partial charge in [-0.3, -0.25) is 9.80 Å². The van der Waals surface area contributed by atoms with Crippen molar-refractivity contribution in [2.24, 2.45) is 4.99 Å². The minimum absolute atomic E-state index is 0.0537. The van der Waals surface area contributed by atoms with E-state index in [1.807, 2.05) is 26.8 Å². The first-order chi connectivity index (χ1) is 17.5. The molecule has 3 aliphatic heterocycles. The van der Waals surface area contributed by atoms with Crippen molar-refractivity contribution in [2.75, 3.05) is 18.0 Å². The number of urea groups is 1. The van der Waals surface area contributed by atoms with Crippen LogP contribution in [0.4, 0.5) is 23.8 Å². The first-order valence-corrected chi connectivity index (χ1v) is 12.2. The Labute approximate surface area is 216 Å². The Morgan fingerprint density at radius 1 is 1.14 bits per heavy atom. The number of pyridine rings is 1. The lowest BCUT2D eigenvalue weighted by Gasteiger charge is -2.36. The smallest absolute Gasteiger partial charge is 0.404 e. The van der Waals surface area contributed by atoms with Crippen LogP contribution in [0.2, 0.25) is 5.02 Å². The summed E-state index contributed by atoms with van der Waals surface area (Å²) in [5.41, 5.74) is 5.01. The van der Waals surface area contributed by atoms with Crippen molar-refractivity contribution in [1.82, 2.24) is 20.3 Å². The van der Waals surface area contributed by atoms with Gasteiger partial charge in [-0.1, -0.05) is 17.7 Å². The number of ether oxygens (including phenoxy) is 2. The number of carbonyl (C=O) groups is 1. The summed E-state index contributed by atoms with van der Waals surface area (Å²) in [5.74, 6) is 0.291. The van der Waals surface area contributed by atoms with Gasteiger partial charge >= 0.3 is 12.4 Å². The number of alkyl halides is 3. The second-order valence-corrected chi connectivity index (χ2v) is 9.85. The molecule has 2 aromatic rings. The van der Waals surface area contributed by atoms with Gasteiger partial charge in [0.2, 0.25) is 0 Å². The second kappa shape index (κ2) is 9.75.